The van der Waals surface area contributed by atoms with Gasteiger partial charge in [0.25, 0.3) is 0 Å². The second-order valence-electron chi connectivity index (χ2n) is 5.69. The first-order chi connectivity index (χ1) is 9.28. The molecule has 1 aromatic heterocycles. The Morgan fingerprint density at radius 3 is 2.74 bits per heavy atom. The lowest BCUT2D eigenvalue weighted by molar-refractivity contribution is 0.150. The third-order valence-corrected chi connectivity index (χ3v) is 4.25. The fraction of sp³-hybridized carbons (Fsp3) is 0.467. The molecule has 0 bridgehead atoms. The van der Waals surface area contributed by atoms with E-state index in [0.717, 1.165) is 49.6 Å². The molecule has 1 N–H and O–H groups in total. The minimum Gasteiger partial charge on any atom is -0.508 e. The average molecular weight is 259 g/mol. The molecule has 0 aliphatic carbocycles. The molecule has 3 heterocycles. The normalized spacial score (nSPS) is 27.2. The third-order valence-electron chi connectivity index (χ3n) is 4.25. The van der Waals surface area contributed by atoms with E-state index in [1.54, 1.807) is 12.1 Å². The molecule has 2 fully saturated rings. The number of fused-ring (bicyclic) bond motifs is 2. The van der Waals surface area contributed by atoms with Crippen LogP contribution < -0.4 is 0 Å². The van der Waals surface area contributed by atoms with Crippen LogP contribution in [0.4, 0.5) is 0 Å². The van der Waals surface area contributed by atoms with Crippen LogP contribution in [0.2, 0.25) is 0 Å². The molecule has 4 rings (SSSR count). The van der Waals surface area contributed by atoms with Gasteiger partial charge in [-0.1, -0.05) is 0 Å². The summed E-state index contributed by atoms with van der Waals surface area (Å²) in [5.74, 6) is 2.63. The van der Waals surface area contributed by atoms with E-state index >= 15 is 0 Å². The summed E-state index contributed by atoms with van der Waals surface area (Å²) in [5, 5.41) is 10.5. The highest BCUT2D eigenvalue weighted by atomic mass is 16.5. The van der Waals surface area contributed by atoms with Crippen LogP contribution in [0.5, 0.6) is 5.75 Å². The standard InChI is InChI=1S/C15H17NO3/c17-13-2-1-10-3-14(19-15(10)4-13)7-16-5-11-8-18-9-12(11)6-16/h1-4,11-12,17H,5-9H2. The Balaban J connectivity index is 1.52. The minimum atomic E-state index is 0.251. The second-order valence-corrected chi connectivity index (χ2v) is 5.69. The predicted octanol–water partition coefficient (Wildman–Crippen LogP) is 2.22. The van der Waals surface area contributed by atoms with Crippen molar-refractivity contribution in [3.05, 3.63) is 30.0 Å². The van der Waals surface area contributed by atoms with Crippen molar-refractivity contribution in [2.75, 3.05) is 26.3 Å². The molecule has 2 aliphatic rings. The zero-order valence-electron chi connectivity index (χ0n) is 10.7. The number of nitrogens with zero attached hydrogens (tertiary/aromatic N) is 1. The van der Waals surface area contributed by atoms with Gasteiger partial charge in [0.05, 0.1) is 19.8 Å². The summed E-state index contributed by atoms with van der Waals surface area (Å²) < 4.78 is 11.3. The van der Waals surface area contributed by atoms with Gasteiger partial charge in [0.15, 0.2) is 0 Å². The summed E-state index contributed by atoms with van der Waals surface area (Å²) in [6.07, 6.45) is 0. The van der Waals surface area contributed by atoms with Crippen LogP contribution in [0.3, 0.4) is 0 Å². The lowest BCUT2D eigenvalue weighted by atomic mass is 10.0. The van der Waals surface area contributed by atoms with Gasteiger partial charge in [0.1, 0.15) is 17.1 Å². The Kier molecular flexibility index (Phi) is 2.53. The van der Waals surface area contributed by atoms with Crippen LogP contribution in [0.1, 0.15) is 5.76 Å². The molecular weight excluding hydrogens is 242 g/mol. The van der Waals surface area contributed by atoms with Crippen LogP contribution in [-0.4, -0.2) is 36.3 Å². The molecule has 0 amide bonds. The van der Waals surface area contributed by atoms with Gasteiger partial charge in [-0.3, -0.25) is 4.90 Å². The molecule has 2 unspecified atom stereocenters. The number of rotatable bonds is 2. The third kappa shape index (κ3) is 2.01. The monoisotopic (exact) mass is 259 g/mol. The van der Waals surface area contributed by atoms with E-state index < -0.39 is 0 Å². The Morgan fingerprint density at radius 1 is 1.16 bits per heavy atom. The maximum Gasteiger partial charge on any atom is 0.138 e. The zero-order chi connectivity index (χ0) is 12.8. The van der Waals surface area contributed by atoms with E-state index in [9.17, 15) is 5.11 Å². The number of ether oxygens (including phenoxy) is 1. The molecule has 0 spiro atoms. The fourth-order valence-electron chi connectivity index (χ4n) is 3.29. The topological polar surface area (TPSA) is 45.8 Å². The predicted molar refractivity (Wildman–Crippen MR) is 71.0 cm³/mol. The summed E-state index contributed by atoms with van der Waals surface area (Å²) in [7, 11) is 0. The van der Waals surface area contributed by atoms with Crippen LogP contribution >= 0.6 is 0 Å². The highest BCUT2D eigenvalue weighted by Crippen LogP contribution is 2.31. The van der Waals surface area contributed by atoms with Crippen LogP contribution in [0.25, 0.3) is 11.0 Å². The lowest BCUT2D eigenvalue weighted by Crippen LogP contribution is -2.22. The van der Waals surface area contributed by atoms with Gasteiger partial charge in [0, 0.05) is 36.4 Å². The van der Waals surface area contributed by atoms with Gasteiger partial charge < -0.3 is 14.3 Å². The lowest BCUT2D eigenvalue weighted by Gasteiger charge is -2.14. The highest BCUT2D eigenvalue weighted by Gasteiger charge is 2.37. The van der Waals surface area contributed by atoms with Crippen LogP contribution in [-0.2, 0) is 11.3 Å². The van der Waals surface area contributed by atoms with E-state index in [1.807, 2.05) is 6.07 Å². The maximum atomic E-state index is 9.45. The van der Waals surface area contributed by atoms with Crippen molar-refractivity contribution in [1.82, 2.24) is 4.90 Å². The van der Waals surface area contributed by atoms with Crippen molar-refractivity contribution >= 4 is 11.0 Å². The average Bonchev–Trinajstić information content (AvgIpc) is 3.01. The SMILES string of the molecule is Oc1ccc2cc(CN3CC4COCC4C3)oc2c1. The highest BCUT2D eigenvalue weighted by molar-refractivity contribution is 5.79. The van der Waals surface area contributed by atoms with Gasteiger partial charge in [-0.05, 0) is 18.2 Å². The number of phenols is 1. The molecule has 2 aromatic rings. The second kappa shape index (κ2) is 4.25. The van der Waals surface area contributed by atoms with Crippen molar-refractivity contribution in [3.63, 3.8) is 0 Å². The first-order valence-electron chi connectivity index (χ1n) is 6.79. The molecule has 2 saturated heterocycles. The fourth-order valence-corrected chi connectivity index (χ4v) is 3.29. The molecule has 1 aromatic carbocycles. The molecule has 2 aliphatic heterocycles. The molecule has 100 valence electrons. The number of likely N-dealkylation sites (tertiary alicyclic amines) is 1. The summed E-state index contributed by atoms with van der Waals surface area (Å²) >= 11 is 0. The summed E-state index contributed by atoms with van der Waals surface area (Å²) in [5.41, 5.74) is 0.762. The number of hydrogen-bond donors (Lipinski definition) is 1. The first-order valence-corrected chi connectivity index (χ1v) is 6.79. The van der Waals surface area contributed by atoms with Crippen LogP contribution in [0, 0.1) is 11.8 Å². The number of phenolic OH excluding ortho intramolecular Hbond substituents is 1. The van der Waals surface area contributed by atoms with Crippen molar-refractivity contribution in [2.45, 2.75) is 6.54 Å². The van der Waals surface area contributed by atoms with Gasteiger partial charge in [0.2, 0.25) is 0 Å². The Morgan fingerprint density at radius 2 is 1.95 bits per heavy atom. The Hall–Kier alpha value is -1.52. The van der Waals surface area contributed by atoms with Gasteiger partial charge >= 0.3 is 0 Å². The number of benzene rings is 1. The molecule has 4 nitrogen and oxygen atoms in total. The Bertz CT molecular complexity index is 594. The van der Waals surface area contributed by atoms with Gasteiger partial charge in [-0.25, -0.2) is 0 Å². The summed E-state index contributed by atoms with van der Waals surface area (Å²) in [4.78, 5) is 2.44. The van der Waals surface area contributed by atoms with Gasteiger partial charge in [-0.2, -0.15) is 0 Å². The van der Waals surface area contributed by atoms with Crippen molar-refractivity contribution in [1.29, 1.82) is 0 Å². The molecular formula is C15H17NO3. The summed E-state index contributed by atoms with van der Waals surface area (Å²) in [6.45, 7) is 4.88. The smallest absolute Gasteiger partial charge is 0.138 e. The first kappa shape index (κ1) is 11.3. The van der Waals surface area contributed by atoms with E-state index in [0.29, 0.717) is 11.8 Å². The zero-order valence-corrected chi connectivity index (χ0v) is 10.7. The van der Waals surface area contributed by atoms with Gasteiger partial charge in [-0.15, -0.1) is 0 Å². The van der Waals surface area contributed by atoms with E-state index in [-0.39, 0.29) is 5.75 Å². The van der Waals surface area contributed by atoms with E-state index in [1.165, 1.54) is 0 Å². The minimum absolute atomic E-state index is 0.251. The molecule has 0 saturated carbocycles. The molecule has 0 radical (unpaired) electrons. The number of hydrogen-bond acceptors (Lipinski definition) is 4. The van der Waals surface area contributed by atoms with Crippen molar-refractivity contribution in [3.8, 4) is 5.75 Å². The molecule has 19 heavy (non-hydrogen) atoms. The molecule has 4 heteroatoms. The van der Waals surface area contributed by atoms with E-state index in [2.05, 4.69) is 11.0 Å². The number of aromatic hydroxyl groups is 1. The number of furan rings is 1. The molecule has 2 atom stereocenters. The quantitative estimate of drug-likeness (QED) is 0.898. The van der Waals surface area contributed by atoms with Crippen molar-refractivity contribution in [2.24, 2.45) is 11.8 Å². The largest absolute Gasteiger partial charge is 0.508 e. The summed E-state index contributed by atoms with van der Waals surface area (Å²) in [6, 6.07) is 7.33. The van der Waals surface area contributed by atoms with Crippen molar-refractivity contribution < 1.29 is 14.3 Å². The maximum absolute atomic E-state index is 9.45. The van der Waals surface area contributed by atoms with E-state index in [4.69, 9.17) is 9.15 Å². The van der Waals surface area contributed by atoms with Crippen LogP contribution in [0.15, 0.2) is 28.7 Å². The Labute approximate surface area is 111 Å².